The highest BCUT2D eigenvalue weighted by Gasteiger charge is 2.19. The van der Waals surface area contributed by atoms with Crippen LogP contribution in [-0.4, -0.2) is 52.5 Å². The third-order valence-corrected chi connectivity index (χ3v) is 6.10. The fourth-order valence-corrected chi connectivity index (χ4v) is 4.23. The van der Waals surface area contributed by atoms with Crippen molar-refractivity contribution in [3.05, 3.63) is 106 Å². The Hall–Kier alpha value is -4.63. The predicted molar refractivity (Wildman–Crippen MR) is 135 cm³/mol. The van der Waals surface area contributed by atoms with E-state index in [4.69, 9.17) is 4.74 Å². The lowest BCUT2D eigenvalue weighted by molar-refractivity contribution is -0.384. The number of nitro benzene ring substituents is 1. The van der Waals surface area contributed by atoms with E-state index in [1.54, 1.807) is 42.9 Å². The van der Waals surface area contributed by atoms with Crippen LogP contribution in [0.1, 0.15) is 26.3 Å². The average molecular weight is 482 g/mol. The first kappa shape index (κ1) is 23.1. The second-order valence-corrected chi connectivity index (χ2v) is 8.30. The molecule has 1 aliphatic rings. The molecule has 0 bridgehead atoms. The molecule has 0 atom stereocenters. The zero-order valence-electron chi connectivity index (χ0n) is 19.2. The van der Waals surface area contributed by atoms with Crippen molar-refractivity contribution in [2.24, 2.45) is 0 Å². The molecule has 0 amide bonds. The molecule has 1 saturated heterocycles. The van der Waals surface area contributed by atoms with Gasteiger partial charge in [-0.25, -0.2) is 0 Å². The first-order valence-electron chi connectivity index (χ1n) is 11.4. The maximum absolute atomic E-state index is 13.4. The molecule has 36 heavy (non-hydrogen) atoms. The Morgan fingerprint density at radius 1 is 1.00 bits per heavy atom. The van der Waals surface area contributed by atoms with Gasteiger partial charge in [-0.1, -0.05) is 6.07 Å². The van der Waals surface area contributed by atoms with Gasteiger partial charge in [-0.05, 0) is 48.6 Å². The number of aromatic nitrogens is 2. The fourth-order valence-electron chi connectivity index (χ4n) is 4.23. The van der Waals surface area contributed by atoms with Gasteiger partial charge in [0.2, 0.25) is 0 Å². The molecule has 0 unspecified atom stereocenters. The van der Waals surface area contributed by atoms with Crippen LogP contribution in [0.3, 0.4) is 0 Å². The van der Waals surface area contributed by atoms with Crippen LogP contribution in [0.25, 0.3) is 17.0 Å². The number of carbonyl (C=O) groups excluding carboxylic acids is 2. The molecule has 0 radical (unpaired) electrons. The molecule has 1 aliphatic heterocycles. The molecule has 180 valence electrons. The number of morpholine rings is 1. The van der Waals surface area contributed by atoms with Gasteiger partial charge >= 0.3 is 0 Å². The number of anilines is 1. The molecule has 1 fully saturated rings. The number of hydrogen-bond acceptors (Lipinski definition) is 7. The van der Waals surface area contributed by atoms with Gasteiger partial charge in [-0.2, -0.15) is 0 Å². The molecule has 9 heteroatoms. The van der Waals surface area contributed by atoms with Crippen LogP contribution in [0, 0.1) is 10.1 Å². The number of fused-ring (bicyclic) bond motifs is 1. The molecule has 0 N–H and O–H groups in total. The lowest BCUT2D eigenvalue weighted by Crippen LogP contribution is -2.36. The summed E-state index contributed by atoms with van der Waals surface area (Å²) in [5.41, 5.74) is 2.85. The number of hydrogen-bond donors (Lipinski definition) is 0. The summed E-state index contributed by atoms with van der Waals surface area (Å²) in [7, 11) is 0. The van der Waals surface area contributed by atoms with Gasteiger partial charge in [0, 0.05) is 71.6 Å². The van der Waals surface area contributed by atoms with Crippen molar-refractivity contribution in [2.75, 3.05) is 31.2 Å². The van der Waals surface area contributed by atoms with E-state index < -0.39 is 10.8 Å². The first-order chi connectivity index (χ1) is 17.5. The van der Waals surface area contributed by atoms with Gasteiger partial charge in [-0.3, -0.25) is 29.3 Å². The van der Waals surface area contributed by atoms with E-state index in [9.17, 15) is 19.7 Å². The molecular formula is C27H22N4O5. The van der Waals surface area contributed by atoms with Crippen molar-refractivity contribution in [3.63, 3.8) is 0 Å². The van der Waals surface area contributed by atoms with Gasteiger partial charge in [0.1, 0.15) is 0 Å². The van der Waals surface area contributed by atoms with Crippen LogP contribution in [0.4, 0.5) is 11.4 Å². The van der Waals surface area contributed by atoms with Crippen molar-refractivity contribution in [1.29, 1.82) is 0 Å². The number of ketones is 1. The summed E-state index contributed by atoms with van der Waals surface area (Å²) in [5, 5.41) is 12.0. The Morgan fingerprint density at radius 2 is 1.78 bits per heavy atom. The summed E-state index contributed by atoms with van der Waals surface area (Å²) in [5.74, 6) is -0.587. The zero-order chi connectivity index (χ0) is 25.1. The number of nitro groups is 1. The van der Waals surface area contributed by atoms with Crippen molar-refractivity contribution in [1.82, 2.24) is 9.55 Å². The molecule has 0 aliphatic carbocycles. The van der Waals surface area contributed by atoms with E-state index in [2.05, 4.69) is 9.88 Å². The van der Waals surface area contributed by atoms with E-state index in [-0.39, 0.29) is 17.0 Å². The second kappa shape index (κ2) is 9.93. The lowest BCUT2D eigenvalue weighted by atomic mass is 10.1. The highest BCUT2D eigenvalue weighted by Crippen LogP contribution is 2.29. The van der Waals surface area contributed by atoms with Crippen molar-refractivity contribution in [2.45, 2.75) is 0 Å². The maximum atomic E-state index is 13.4. The normalized spacial score (nSPS) is 13.8. The number of nitrogens with zero attached hydrogens (tertiary/aromatic N) is 4. The number of ether oxygens (including phenoxy) is 1. The lowest BCUT2D eigenvalue weighted by Gasteiger charge is -2.29. The Morgan fingerprint density at radius 3 is 2.53 bits per heavy atom. The molecule has 2 aromatic heterocycles. The van der Waals surface area contributed by atoms with Gasteiger partial charge in [0.25, 0.3) is 11.6 Å². The van der Waals surface area contributed by atoms with Crippen molar-refractivity contribution < 1.29 is 19.2 Å². The number of carbonyl (C=O) groups is 2. The Bertz CT molecular complexity index is 1490. The summed E-state index contributed by atoms with van der Waals surface area (Å²) in [6.07, 6.45) is 7.92. The molecule has 0 saturated carbocycles. The van der Waals surface area contributed by atoms with E-state index in [1.165, 1.54) is 28.8 Å². The van der Waals surface area contributed by atoms with Gasteiger partial charge in [-0.15, -0.1) is 0 Å². The zero-order valence-corrected chi connectivity index (χ0v) is 19.2. The second-order valence-electron chi connectivity index (χ2n) is 8.30. The minimum absolute atomic E-state index is 0.157. The number of allylic oxidation sites excluding steroid dienone is 1. The van der Waals surface area contributed by atoms with Crippen LogP contribution >= 0.6 is 0 Å². The number of benzene rings is 2. The van der Waals surface area contributed by atoms with E-state index >= 15 is 0 Å². The van der Waals surface area contributed by atoms with E-state index in [0.717, 1.165) is 24.2 Å². The monoisotopic (exact) mass is 482 g/mol. The molecule has 3 heterocycles. The fraction of sp³-hybridized carbons (Fsp3) is 0.148. The summed E-state index contributed by atoms with van der Waals surface area (Å²) >= 11 is 0. The van der Waals surface area contributed by atoms with E-state index in [1.807, 2.05) is 18.2 Å². The molecule has 0 spiro atoms. The van der Waals surface area contributed by atoms with Crippen LogP contribution in [-0.2, 0) is 4.74 Å². The quantitative estimate of drug-likeness (QED) is 0.174. The molecule has 4 aromatic rings. The van der Waals surface area contributed by atoms with Crippen LogP contribution < -0.4 is 4.90 Å². The molecule has 2 aromatic carbocycles. The van der Waals surface area contributed by atoms with Gasteiger partial charge in [0.05, 0.1) is 23.7 Å². The van der Waals surface area contributed by atoms with Crippen molar-refractivity contribution >= 4 is 40.0 Å². The molecular weight excluding hydrogens is 460 g/mol. The Kier molecular flexibility index (Phi) is 6.38. The SMILES string of the molecule is O=C(/C=C/c1cn(C(=O)c2cccc([N+](=O)[O-])c2)c2ccc(N3CCOCC3)cc12)c1ccncc1. The summed E-state index contributed by atoms with van der Waals surface area (Å²) in [4.78, 5) is 42.9. The van der Waals surface area contributed by atoms with Crippen LogP contribution in [0.2, 0.25) is 0 Å². The average Bonchev–Trinajstić information content (AvgIpc) is 3.30. The standard InChI is InChI=1S/C27H22N4O5/c32-26(19-8-10-28-11-9-19)7-4-21-18-30(27(33)20-2-1-3-23(16-20)31(34)35)25-6-5-22(17-24(21)25)29-12-14-36-15-13-29/h1-11,16-18H,12-15H2/b7-4+. The predicted octanol–water partition coefficient (Wildman–Crippen LogP) is 4.37. The van der Waals surface area contributed by atoms with Crippen LogP contribution in [0.5, 0.6) is 0 Å². The largest absolute Gasteiger partial charge is 0.378 e. The number of pyridine rings is 1. The maximum Gasteiger partial charge on any atom is 0.270 e. The highest BCUT2D eigenvalue weighted by atomic mass is 16.6. The summed E-state index contributed by atoms with van der Waals surface area (Å²) in [6.45, 7) is 2.78. The molecule has 5 rings (SSSR count). The Balaban J connectivity index is 1.58. The highest BCUT2D eigenvalue weighted by molar-refractivity contribution is 6.09. The third kappa shape index (κ3) is 4.64. The minimum atomic E-state index is -0.530. The van der Waals surface area contributed by atoms with Gasteiger partial charge < -0.3 is 9.64 Å². The van der Waals surface area contributed by atoms with Crippen LogP contribution in [0.15, 0.2) is 79.3 Å². The minimum Gasteiger partial charge on any atom is -0.378 e. The van der Waals surface area contributed by atoms with Crippen molar-refractivity contribution in [3.8, 4) is 0 Å². The van der Waals surface area contributed by atoms with E-state index in [0.29, 0.717) is 29.9 Å². The third-order valence-electron chi connectivity index (χ3n) is 6.10. The topological polar surface area (TPSA) is 108 Å². The number of rotatable bonds is 6. The summed E-state index contributed by atoms with van der Waals surface area (Å²) in [6, 6.07) is 14.7. The summed E-state index contributed by atoms with van der Waals surface area (Å²) < 4.78 is 6.93. The number of non-ortho nitro benzene ring substituents is 1. The van der Waals surface area contributed by atoms with Gasteiger partial charge in [0.15, 0.2) is 5.78 Å². The first-order valence-corrected chi connectivity index (χ1v) is 11.4. The smallest absolute Gasteiger partial charge is 0.270 e. The molecule has 9 nitrogen and oxygen atoms in total. The Labute approximate surface area is 206 Å².